The minimum absolute atomic E-state index is 0.901. The van der Waals surface area contributed by atoms with Crippen LogP contribution in [0, 0.1) is 0 Å². The molecule has 0 amide bonds. The maximum Gasteiger partial charge on any atom is 0.157 e. The molecular formula is C11H15N2O+. The second-order valence-electron chi connectivity index (χ2n) is 3.39. The minimum atomic E-state index is 0.901. The lowest BCUT2D eigenvalue weighted by Gasteiger charge is -2.01. The molecule has 2 aromatic heterocycles. The molecular weight excluding hydrogens is 176 g/mol. The summed E-state index contributed by atoms with van der Waals surface area (Å²) in [7, 11) is 2.07. The van der Waals surface area contributed by atoms with Crippen molar-refractivity contribution in [2.75, 3.05) is 0 Å². The lowest BCUT2D eigenvalue weighted by Crippen LogP contribution is -2.80. The number of hydrogen-bond acceptors (Lipinski definition) is 1. The summed E-state index contributed by atoms with van der Waals surface area (Å²) in [6.07, 6.45) is 3.78. The molecule has 0 saturated heterocycles. The number of rotatable bonds is 4. The molecule has 2 N–H and O–H groups in total. The molecule has 0 radical (unpaired) electrons. The lowest BCUT2D eigenvalue weighted by molar-refractivity contribution is -0.688. The van der Waals surface area contributed by atoms with E-state index in [9.17, 15) is 0 Å². The first kappa shape index (κ1) is 9.09. The third-order valence-corrected chi connectivity index (χ3v) is 2.33. The van der Waals surface area contributed by atoms with Crippen LogP contribution in [0.25, 0.3) is 0 Å². The SMILES string of the molecule is Cn1cccc1C[NH2+]Cc1ccco1. The summed E-state index contributed by atoms with van der Waals surface area (Å²) < 4.78 is 7.38. The average molecular weight is 191 g/mol. The third kappa shape index (κ3) is 2.06. The van der Waals surface area contributed by atoms with Gasteiger partial charge in [0.15, 0.2) is 5.76 Å². The molecule has 0 atom stereocenters. The highest BCUT2D eigenvalue weighted by atomic mass is 16.3. The van der Waals surface area contributed by atoms with Crippen molar-refractivity contribution in [3.63, 3.8) is 0 Å². The molecule has 0 aliphatic rings. The van der Waals surface area contributed by atoms with Gasteiger partial charge in [0.1, 0.15) is 13.1 Å². The fourth-order valence-electron chi connectivity index (χ4n) is 1.50. The zero-order chi connectivity index (χ0) is 9.80. The number of quaternary nitrogens is 1. The molecule has 3 nitrogen and oxygen atoms in total. The maximum absolute atomic E-state index is 5.25. The van der Waals surface area contributed by atoms with Crippen molar-refractivity contribution in [2.45, 2.75) is 13.1 Å². The van der Waals surface area contributed by atoms with Gasteiger partial charge in [-0.05, 0) is 24.3 Å². The summed E-state index contributed by atoms with van der Waals surface area (Å²) in [6.45, 7) is 1.89. The molecule has 0 spiro atoms. The molecule has 2 rings (SSSR count). The predicted octanol–water partition coefficient (Wildman–Crippen LogP) is 0.882. The van der Waals surface area contributed by atoms with Crippen molar-refractivity contribution in [1.82, 2.24) is 4.57 Å². The first-order valence-corrected chi connectivity index (χ1v) is 4.80. The zero-order valence-electron chi connectivity index (χ0n) is 8.31. The van der Waals surface area contributed by atoms with E-state index in [-0.39, 0.29) is 0 Å². The van der Waals surface area contributed by atoms with Crippen molar-refractivity contribution in [2.24, 2.45) is 7.05 Å². The van der Waals surface area contributed by atoms with Gasteiger partial charge in [0, 0.05) is 13.2 Å². The van der Waals surface area contributed by atoms with Crippen LogP contribution in [0.2, 0.25) is 0 Å². The molecule has 0 saturated carbocycles. The molecule has 14 heavy (non-hydrogen) atoms. The van der Waals surface area contributed by atoms with Gasteiger partial charge < -0.3 is 14.3 Å². The molecule has 0 aliphatic heterocycles. The Bertz CT molecular complexity index is 376. The number of aromatic nitrogens is 1. The largest absolute Gasteiger partial charge is 0.463 e. The van der Waals surface area contributed by atoms with Gasteiger partial charge in [0.2, 0.25) is 0 Å². The standard InChI is InChI=1S/C11H14N2O/c1-13-6-2-4-10(13)8-12-9-11-5-3-7-14-11/h2-7,12H,8-9H2,1H3/p+1. The van der Waals surface area contributed by atoms with Crippen LogP contribution < -0.4 is 5.32 Å². The van der Waals surface area contributed by atoms with Crippen molar-refractivity contribution < 1.29 is 9.73 Å². The van der Waals surface area contributed by atoms with Gasteiger partial charge in [-0.1, -0.05) is 0 Å². The Kier molecular flexibility index (Phi) is 2.70. The number of nitrogens with two attached hydrogens (primary N) is 1. The molecule has 0 bridgehead atoms. The Hall–Kier alpha value is -1.48. The van der Waals surface area contributed by atoms with Crippen molar-refractivity contribution >= 4 is 0 Å². The van der Waals surface area contributed by atoms with Crippen LogP contribution in [0.15, 0.2) is 41.1 Å². The fourth-order valence-corrected chi connectivity index (χ4v) is 1.50. The monoisotopic (exact) mass is 191 g/mol. The van der Waals surface area contributed by atoms with E-state index in [1.54, 1.807) is 6.26 Å². The van der Waals surface area contributed by atoms with Gasteiger partial charge >= 0.3 is 0 Å². The average Bonchev–Trinajstić information content (AvgIpc) is 2.78. The molecule has 0 unspecified atom stereocenters. The molecule has 3 heteroatoms. The van der Waals surface area contributed by atoms with E-state index in [0.717, 1.165) is 18.8 Å². The van der Waals surface area contributed by atoms with Crippen LogP contribution in [0.5, 0.6) is 0 Å². The summed E-state index contributed by atoms with van der Waals surface area (Å²) in [5.74, 6) is 1.03. The summed E-state index contributed by atoms with van der Waals surface area (Å²) in [5.41, 5.74) is 1.33. The highest BCUT2D eigenvalue weighted by Crippen LogP contribution is 1.98. The minimum Gasteiger partial charge on any atom is -0.463 e. The van der Waals surface area contributed by atoms with E-state index >= 15 is 0 Å². The summed E-state index contributed by atoms with van der Waals surface area (Å²) >= 11 is 0. The summed E-state index contributed by atoms with van der Waals surface area (Å²) in [6, 6.07) is 8.13. The number of furan rings is 1. The normalized spacial score (nSPS) is 10.6. The van der Waals surface area contributed by atoms with Crippen LogP contribution in [-0.2, 0) is 20.1 Å². The zero-order valence-corrected chi connectivity index (χ0v) is 8.31. The van der Waals surface area contributed by atoms with Crippen LogP contribution in [0.3, 0.4) is 0 Å². The van der Waals surface area contributed by atoms with E-state index in [1.807, 2.05) is 12.1 Å². The Morgan fingerprint density at radius 1 is 1.29 bits per heavy atom. The molecule has 2 aromatic rings. The van der Waals surface area contributed by atoms with Crippen LogP contribution in [0.1, 0.15) is 11.5 Å². The second kappa shape index (κ2) is 4.15. The van der Waals surface area contributed by atoms with E-state index < -0.39 is 0 Å². The van der Waals surface area contributed by atoms with Gasteiger partial charge in [-0.25, -0.2) is 0 Å². The quantitative estimate of drug-likeness (QED) is 0.765. The van der Waals surface area contributed by atoms with Gasteiger partial charge in [-0.15, -0.1) is 0 Å². The fraction of sp³-hybridized carbons (Fsp3) is 0.273. The Morgan fingerprint density at radius 2 is 2.21 bits per heavy atom. The van der Waals surface area contributed by atoms with Crippen LogP contribution >= 0.6 is 0 Å². The van der Waals surface area contributed by atoms with Gasteiger partial charge in [0.25, 0.3) is 0 Å². The predicted molar refractivity (Wildman–Crippen MR) is 53.5 cm³/mol. The van der Waals surface area contributed by atoms with Crippen molar-refractivity contribution in [3.8, 4) is 0 Å². The second-order valence-corrected chi connectivity index (χ2v) is 3.39. The Labute approximate surface area is 83.3 Å². The third-order valence-electron chi connectivity index (χ3n) is 2.33. The number of aryl methyl sites for hydroxylation is 1. The van der Waals surface area contributed by atoms with E-state index in [4.69, 9.17) is 4.42 Å². The van der Waals surface area contributed by atoms with Crippen molar-refractivity contribution in [1.29, 1.82) is 0 Å². The summed E-state index contributed by atoms with van der Waals surface area (Å²) in [4.78, 5) is 0. The smallest absolute Gasteiger partial charge is 0.157 e. The Balaban J connectivity index is 1.81. The van der Waals surface area contributed by atoms with E-state index in [0.29, 0.717) is 0 Å². The topological polar surface area (TPSA) is 34.7 Å². The van der Waals surface area contributed by atoms with Crippen molar-refractivity contribution in [3.05, 3.63) is 48.2 Å². The lowest BCUT2D eigenvalue weighted by atomic mass is 10.4. The van der Waals surface area contributed by atoms with Gasteiger partial charge in [0.05, 0.1) is 12.0 Å². The van der Waals surface area contributed by atoms with Crippen LogP contribution in [-0.4, -0.2) is 4.57 Å². The van der Waals surface area contributed by atoms with E-state index in [2.05, 4.69) is 35.3 Å². The Morgan fingerprint density at radius 3 is 2.86 bits per heavy atom. The molecule has 2 heterocycles. The molecule has 74 valence electrons. The van der Waals surface area contributed by atoms with Gasteiger partial charge in [-0.3, -0.25) is 0 Å². The highest BCUT2D eigenvalue weighted by molar-refractivity contribution is 5.04. The molecule has 0 aliphatic carbocycles. The van der Waals surface area contributed by atoms with Gasteiger partial charge in [-0.2, -0.15) is 0 Å². The maximum atomic E-state index is 5.25. The molecule has 0 aromatic carbocycles. The highest BCUT2D eigenvalue weighted by Gasteiger charge is 2.01. The number of hydrogen-bond donors (Lipinski definition) is 1. The number of nitrogens with zero attached hydrogens (tertiary/aromatic N) is 1. The molecule has 0 fully saturated rings. The first-order valence-electron chi connectivity index (χ1n) is 4.80. The van der Waals surface area contributed by atoms with E-state index in [1.165, 1.54) is 5.69 Å². The first-order chi connectivity index (χ1) is 6.86. The summed E-state index contributed by atoms with van der Waals surface area (Å²) in [5, 5.41) is 2.23. The van der Waals surface area contributed by atoms with Crippen LogP contribution in [0.4, 0.5) is 0 Å².